The Morgan fingerprint density at radius 3 is 1.67 bits per heavy atom. The van der Waals surface area contributed by atoms with Crippen LogP contribution in [-0.2, 0) is 32.1 Å². The molecule has 3 aromatic rings. The first-order valence-electron chi connectivity index (χ1n) is 18.8. The van der Waals surface area contributed by atoms with Crippen LogP contribution in [-0.4, -0.2) is 3.71 Å². The average molecular weight is 771 g/mol. The second-order valence-electron chi connectivity index (χ2n) is 18.7. The Balaban J connectivity index is 0.00000208. The number of allylic oxidation sites excluding steroid dienone is 4. The zero-order valence-corrected chi connectivity index (χ0v) is 35.1. The van der Waals surface area contributed by atoms with Crippen molar-refractivity contribution in [2.45, 2.75) is 115 Å². The van der Waals surface area contributed by atoms with Gasteiger partial charge in [0.15, 0.2) is 0 Å². The predicted octanol–water partition coefficient (Wildman–Crippen LogP) is 6.28. The smallest absolute Gasteiger partial charge is 1.00 e. The SMILES string of the molecule is CC1=[C](/[Zr+2](=[CH]\c2ccccc2)[CH]2c3cc(C(C)(C)C)ccc3-c3ccc(C(C)(C)C)cc32)C(C)C=C1CC12CC3CC(CC(C3)C1)C2.[Cl-].[Cl-]. The molecule has 3 heteroatoms. The van der Waals surface area contributed by atoms with Crippen LogP contribution in [0, 0.1) is 29.1 Å². The fraction of sp³-hybridized carbons (Fsp3) is 0.500. The largest absolute Gasteiger partial charge is 1.00 e. The molecule has 0 aliphatic heterocycles. The van der Waals surface area contributed by atoms with Crippen molar-refractivity contribution >= 4 is 3.71 Å². The van der Waals surface area contributed by atoms with Gasteiger partial charge in [0.25, 0.3) is 0 Å². The topological polar surface area (TPSA) is 0 Å². The van der Waals surface area contributed by atoms with E-state index in [2.05, 4.69) is 132 Å². The first kappa shape index (κ1) is 37.2. The van der Waals surface area contributed by atoms with Gasteiger partial charge in [-0.2, -0.15) is 0 Å². The fourth-order valence-corrected chi connectivity index (χ4v) is 19.9. The first-order valence-corrected chi connectivity index (χ1v) is 22.8. The molecule has 0 amide bonds. The minimum atomic E-state index is -2.57. The molecule has 0 saturated heterocycles. The Morgan fingerprint density at radius 2 is 1.20 bits per heavy atom. The second kappa shape index (κ2) is 13.5. The van der Waals surface area contributed by atoms with Gasteiger partial charge in [-0.25, -0.2) is 0 Å². The van der Waals surface area contributed by atoms with Crippen molar-refractivity contribution < 1.29 is 46.1 Å². The van der Waals surface area contributed by atoms with E-state index in [1.54, 1.807) is 22.3 Å². The van der Waals surface area contributed by atoms with Crippen LogP contribution in [0.3, 0.4) is 0 Å². The summed E-state index contributed by atoms with van der Waals surface area (Å²) in [6.07, 6.45) is 13.2. The molecule has 6 aliphatic carbocycles. The van der Waals surface area contributed by atoms with Gasteiger partial charge in [0.05, 0.1) is 0 Å². The Morgan fingerprint density at radius 1 is 0.714 bits per heavy atom. The Labute approximate surface area is 317 Å². The zero-order chi connectivity index (χ0) is 32.9. The van der Waals surface area contributed by atoms with E-state index in [9.17, 15) is 0 Å². The second-order valence-corrected chi connectivity index (χ2v) is 24.4. The Hall–Kier alpha value is -1.53. The number of rotatable bonds is 5. The molecule has 9 rings (SSSR count). The zero-order valence-electron chi connectivity index (χ0n) is 31.1. The van der Waals surface area contributed by atoms with E-state index in [-0.39, 0.29) is 35.6 Å². The van der Waals surface area contributed by atoms with Crippen molar-refractivity contribution in [1.29, 1.82) is 0 Å². The minimum absolute atomic E-state index is 0. The quantitative estimate of drug-likeness (QED) is 0.287. The number of hydrogen-bond acceptors (Lipinski definition) is 0. The van der Waals surface area contributed by atoms with Crippen LogP contribution < -0.4 is 24.8 Å². The summed E-state index contributed by atoms with van der Waals surface area (Å²) < 4.78 is 5.20. The first-order chi connectivity index (χ1) is 22.3. The van der Waals surface area contributed by atoms with Gasteiger partial charge in [-0.1, -0.05) is 0 Å². The van der Waals surface area contributed by atoms with E-state index < -0.39 is 21.3 Å². The Kier molecular flexibility index (Phi) is 10.2. The molecule has 0 spiro atoms. The number of hydrogen-bond donors (Lipinski definition) is 0. The summed E-state index contributed by atoms with van der Waals surface area (Å²) in [5.41, 5.74) is 14.8. The normalized spacial score (nSPS) is 27.1. The molecule has 0 nitrogen and oxygen atoms in total. The molecule has 258 valence electrons. The molecule has 0 radical (unpaired) electrons. The van der Waals surface area contributed by atoms with Crippen LogP contribution in [0.4, 0.5) is 0 Å². The molecule has 4 saturated carbocycles. The maximum Gasteiger partial charge on any atom is -1.00 e. The van der Waals surface area contributed by atoms with E-state index in [1.807, 2.05) is 3.28 Å². The monoisotopic (exact) mass is 768 g/mol. The van der Waals surface area contributed by atoms with Crippen molar-refractivity contribution in [1.82, 2.24) is 0 Å². The summed E-state index contributed by atoms with van der Waals surface area (Å²) in [5.74, 6) is 3.59. The van der Waals surface area contributed by atoms with Gasteiger partial charge in [0.2, 0.25) is 0 Å². The van der Waals surface area contributed by atoms with E-state index in [0.717, 1.165) is 17.8 Å². The van der Waals surface area contributed by atoms with E-state index in [4.69, 9.17) is 0 Å². The summed E-state index contributed by atoms with van der Waals surface area (Å²) in [4.78, 5) is 0. The van der Waals surface area contributed by atoms with Crippen molar-refractivity contribution in [2.75, 3.05) is 0 Å². The predicted molar refractivity (Wildman–Crippen MR) is 198 cm³/mol. The van der Waals surface area contributed by atoms with Crippen LogP contribution in [0.25, 0.3) is 11.1 Å². The molecule has 4 fully saturated rings. The van der Waals surface area contributed by atoms with Crippen LogP contribution in [0.2, 0.25) is 0 Å². The van der Waals surface area contributed by atoms with Gasteiger partial charge in [-0.05, 0) is 0 Å². The van der Waals surface area contributed by atoms with Gasteiger partial charge < -0.3 is 24.8 Å². The van der Waals surface area contributed by atoms with Gasteiger partial charge in [0, 0.05) is 0 Å². The molecule has 0 aromatic heterocycles. The molecule has 0 heterocycles. The van der Waals surface area contributed by atoms with Crippen LogP contribution in [0.1, 0.15) is 132 Å². The third-order valence-corrected chi connectivity index (χ3v) is 21.2. The number of halogens is 2. The maximum absolute atomic E-state index is 2.84. The van der Waals surface area contributed by atoms with Gasteiger partial charge in [-0.3, -0.25) is 0 Å². The maximum atomic E-state index is 2.84. The molecule has 1 atom stereocenters. The molecule has 49 heavy (non-hydrogen) atoms. The molecule has 3 aromatic carbocycles. The molecular formula is C46H56Cl2Zr. The van der Waals surface area contributed by atoms with E-state index in [1.165, 1.54) is 72.8 Å². The van der Waals surface area contributed by atoms with Crippen molar-refractivity contribution in [2.24, 2.45) is 29.1 Å². The minimum Gasteiger partial charge on any atom is -1.00 e. The Bertz CT molecular complexity index is 1730. The van der Waals surface area contributed by atoms with Gasteiger partial charge in [0.1, 0.15) is 0 Å². The van der Waals surface area contributed by atoms with E-state index >= 15 is 0 Å². The summed E-state index contributed by atoms with van der Waals surface area (Å²) in [6, 6.07) is 26.5. The summed E-state index contributed by atoms with van der Waals surface area (Å²) in [5, 5.41) is 0. The summed E-state index contributed by atoms with van der Waals surface area (Å²) >= 11 is -2.57. The standard InChI is InChI=1S/C21H25.C18H25.C7H6.2ClH.Zr/c1-20(2,3)16-7-9-18-14(12-16)11-15-13-17(21(4,5)6)8-10-19(15)18;1-12-3-13(2)17(4-12)11-18-8-14-5-15(9-18)7-16(6-14)10-18;1-7-5-3-2-4-6-7;;;/h7-13H,1-6H3;4,12,14-16H,5-11H2,1-2H3;1-6H;2*1H;/q;;;;;+2/p-2. The van der Waals surface area contributed by atoms with Gasteiger partial charge in [-0.15, -0.1) is 0 Å². The molecule has 6 aliphatic rings. The molecular weight excluding hydrogens is 715 g/mol. The van der Waals surface area contributed by atoms with Crippen LogP contribution in [0.5, 0.6) is 0 Å². The van der Waals surface area contributed by atoms with Crippen LogP contribution in [0.15, 0.2) is 87.2 Å². The van der Waals surface area contributed by atoms with Crippen molar-refractivity contribution in [3.05, 3.63) is 115 Å². The van der Waals surface area contributed by atoms with Gasteiger partial charge >= 0.3 is 295 Å². The number of fused-ring (bicyclic) bond motifs is 3. The fourth-order valence-electron chi connectivity index (χ4n) is 11.2. The van der Waals surface area contributed by atoms with Crippen molar-refractivity contribution in [3.63, 3.8) is 0 Å². The molecule has 4 bridgehead atoms. The van der Waals surface area contributed by atoms with E-state index in [0.29, 0.717) is 15.0 Å². The van der Waals surface area contributed by atoms with Crippen LogP contribution >= 0.6 is 0 Å². The third kappa shape index (κ3) is 6.78. The summed E-state index contributed by atoms with van der Waals surface area (Å²) in [6.45, 7) is 19.4. The van der Waals surface area contributed by atoms with Crippen molar-refractivity contribution in [3.8, 4) is 11.1 Å². The third-order valence-electron chi connectivity index (χ3n) is 13.0. The molecule has 1 unspecified atom stereocenters. The summed E-state index contributed by atoms with van der Waals surface area (Å²) in [7, 11) is 0. The molecule has 0 N–H and O–H groups in total. The average Bonchev–Trinajstić information content (AvgIpc) is 3.46. The number of benzene rings is 3.